The summed E-state index contributed by atoms with van der Waals surface area (Å²) in [6.07, 6.45) is 1.69. The van der Waals surface area contributed by atoms with Gasteiger partial charge in [-0.2, -0.15) is 5.26 Å². The lowest BCUT2D eigenvalue weighted by atomic mass is 9.96. The zero-order valence-corrected chi connectivity index (χ0v) is 9.74. The van der Waals surface area contributed by atoms with Gasteiger partial charge in [0.05, 0.1) is 12.5 Å². The van der Waals surface area contributed by atoms with E-state index in [9.17, 15) is 8.78 Å². The summed E-state index contributed by atoms with van der Waals surface area (Å²) in [6.45, 7) is 1.71. The van der Waals surface area contributed by atoms with Gasteiger partial charge in [0, 0.05) is 23.0 Å². The Bertz CT molecular complexity index is 630. The fraction of sp³-hybridized carbons (Fsp3) is 0.143. The second kappa shape index (κ2) is 4.92. The average molecular weight is 244 g/mol. The van der Waals surface area contributed by atoms with Gasteiger partial charge in [-0.05, 0) is 24.6 Å². The van der Waals surface area contributed by atoms with Crippen LogP contribution < -0.4 is 0 Å². The molecule has 0 fully saturated rings. The predicted octanol–water partition coefficient (Wildman–Crippen LogP) is 3.40. The van der Waals surface area contributed by atoms with Gasteiger partial charge in [0.15, 0.2) is 11.6 Å². The molecule has 0 aliphatic rings. The third-order valence-corrected chi connectivity index (χ3v) is 2.72. The van der Waals surface area contributed by atoms with Crippen LogP contribution in [0.4, 0.5) is 8.78 Å². The van der Waals surface area contributed by atoms with Crippen molar-refractivity contribution in [2.24, 2.45) is 0 Å². The Labute approximate surface area is 104 Å². The number of hydrogen-bond donors (Lipinski definition) is 0. The van der Waals surface area contributed by atoms with Gasteiger partial charge in [-0.3, -0.25) is 4.98 Å². The van der Waals surface area contributed by atoms with Crippen molar-refractivity contribution >= 4 is 0 Å². The summed E-state index contributed by atoms with van der Waals surface area (Å²) in [5.41, 5.74) is 1.86. The minimum absolute atomic E-state index is 0.134. The molecule has 0 radical (unpaired) electrons. The Hall–Kier alpha value is -2.28. The first kappa shape index (κ1) is 12.2. The number of rotatable bonds is 2. The largest absolute Gasteiger partial charge is 0.261 e. The van der Waals surface area contributed by atoms with E-state index in [1.165, 1.54) is 12.1 Å². The van der Waals surface area contributed by atoms with Gasteiger partial charge in [-0.15, -0.1) is 0 Å². The van der Waals surface area contributed by atoms with Gasteiger partial charge in [0.2, 0.25) is 0 Å². The number of halogens is 2. The van der Waals surface area contributed by atoms with E-state index in [1.54, 1.807) is 19.2 Å². The van der Waals surface area contributed by atoms with Crippen molar-refractivity contribution in [1.82, 2.24) is 4.98 Å². The molecule has 0 saturated heterocycles. The van der Waals surface area contributed by atoms with E-state index in [4.69, 9.17) is 5.26 Å². The zero-order chi connectivity index (χ0) is 13.1. The number of benzene rings is 1. The lowest BCUT2D eigenvalue weighted by molar-refractivity contribution is 0.511. The van der Waals surface area contributed by atoms with Gasteiger partial charge in [-0.1, -0.05) is 12.1 Å². The van der Waals surface area contributed by atoms with E-state index in [1.807, 2.05) is 6.07 Å². The van der Waals surface area contributed by atoms with Crippen LogP contribution in [0.2, 0.25) is 0 Å². The molecule has 2 rings (SSSR count). The Kier molecular flexibility index (Phi) is 3.33. The van der Waals surface area contributed by atoms with Crippen LogP contribution in [0.5, 0.6) is 0 Å². The molecule has 18 heavy (non-hydrogen) atoms. The van der Waals surface area contributed by atoms with Crippen LogP contribution in [0, 0.1) is 29.9 Å². The second-order valence-corrected chi connectivity index (χ2v) is 3.87. The molecule has 1 aromatic heterocycles. The highest BCUT2D eigenvalue weighted by atomic mass is 19.2. The van der Waals surface area contributed by atoms with E-state index in [0.717, 1.165) is 6.07 Å². The van der Waals surface area contributed by atoms with E-state index in [-0.39, 0.29) is 12.0 Å². The molecule has 0 saturated carbocycles. The molecular weight excluding hydrogens is 234 g/mol. The van der Waals surface area contributed by atoms with Crippen LogP contribution in [-0.2, 0) is 6.42 Å². The first-order chi connectivity index (χ1) is 8.65. The molecule has 90 valence electrons. The van der Waals surface area contributed by atoms with E-state index < -0.39 is 11.6 Å². The van der Waals surface area contributed by atoms with Crippen molar-refractivity contribution in [1.29, 1.82) is 5.26 Å². The summed E-state index contributed by atoms with van der Waals surface area (Å²) in [6, 6.07) is 7.65. The van der Waals surface area contributed by atoms with Crippen LogP contribution in [0.1, 0.15) is 11.3 Å². The monoisotopic (exact) mass is 244 g/mol. The quantitative estimate of drug-likeness (QED) is 0.811. The van der Waals surface area contributed by atoms with E-state index in [2.05, 4.69) is 4.98 Å². The molecule has 0 aliphatic carbocycles. The number of nitriles is 1. The van der Waals surface area contributed by atoms with Gasteiger partial charge >= 0.3 is 0 Å². The van der Waals surface area contributed by atoms with Crippen molar-refractivity contribution < 1.29 is 8.78 Å². The SMILES string of the molecule is Cc1nccc(CC#N)c1-c1cccc(F)c1F. The zero-order valence-electron chi connectivity index (χ0n) is 9.74. The van der Waals surface area contributed by atoms with Crippen LogP contribution in [0.15, 0.2) is 30.5 Å². The van der Waals surface area contributed by atoms with Gasteiger partial charge in [0.1, 0.15) is 0 Å². The number of hydrogen-bond acceptors (Lipinski definition) is 2. The minimum atomic E-state index is -0.909. The molecule has 2 aromatic rings. The molecule has 0 unspecified atom stereocenters. The second-order valence-electron chi connectivity index (χ2n) is 3.87. The first-order valence-corrected chi connectivity index (χ1v) is 5.41. The van der Waals surface area contributed by atoms with Crippen molar-refractivity contribution in [3.63, 3.8) is 0 Å². The summed E-state index contributed by atoms with van der Waals surface area (Å²) >= 11 is 0. The number of nitrogens with zero attached hydrogens (tertiary/aromatic N) is 2. The number of pyridine rings is 1. The van der Waals surface area contributed by atoms with Crippen LogP contribution >= 0.6 is 0 Å². The third kappa shape index (κ3) is 2.07. The summed E-state index contributed by atoms with van der Waals surface area (Å²) in [5, 5.41) is 8.77. The lowest BCUT2D eigenvalue weighted by Crippen LogP contribution is -1.98. The maximum absolute atomic E-state index is 13.8. The highest BCUT2D eigenvalue weighted by Gasteiger charge is 2.15. The topological polar surface area (TPSA) is 36.7 Å². The molecule has 0 amide bonds. The summed E-state index contributed by atoms with van der Waals surface area (Å²) in [4.78, 5) is 4.07. The van der Waals surface area contributed by atoms with Crippen molar-refractivity contribution in [3.8, 4) is 17.2 Å². The summed E-state index contributed by atoms with van der Waals surface area (Å²) in [7, 11) is 0. The van der Waals surface area contributed by atoms with Crippen molar-refractivity contribution in [3.05, 3.63) is 53.4 Å². The highest BCUT2D eigenvalue weighted by Crippen LogP contribution is 2.29. The number of aryl methyl sites for hydroxylation is 1. The summed E-state index contributed by atoms with van der Waals surface area (Å²) in [5.74, 6) is -1.81. The minimum Gasteiger partial charge on any atom is -0.261 e. The van der Waals surface area contributed by atoms with Crippen LogP contribution in [0.3, 0.4) is 0 Å². The smallest absolute Gasteiger partial charge is 0.166 e. The molecule has 1 aromatic carbocycles. The molecule has 0 bridgehead atoms. The Morgan fingerprint density at radius 1 is 1.28 bits per heavy atom. The maximum Gasteiger partial charge on any atom is 0.166 e. The van der Waals surface area contributed by atoms with Crippen LogP contribution in [0.25, 0.3) is 11.1 Å². The van der Waals surface area contributed by atoms with Gasteiger partial charge in [0.25, 0.3) is 0 Å². The maximum atomic E-state index is 13.8. The summed E-state index contributed by atoms with van der Waals surface area (Å²) < 4.78 is 27.1. The molecule has 4 heteroatoms. The van der Waals surface area contributed by atoms with Crippen molar-refractivity contribution in [2.45, 2.75) is 13.3 Å². The molecule has 0 aliphatic heterocycles. The number of aromatic nitrogens is 1. The third-order valence-electron chi connectivity index (χ3n) is 2.72. The predicted molar refractivity (Wildman–Crippen MR) is 63.6 cm³/mol. The molecule has 0 N–H and O–H groups in total. The van der Waals surface area contributed by atoms with E-state index >= 15 is 0 Å². The fourth-order valence-corrected chi connectivity index (χ4v) is 1.92. The van der Waals surface area contributed by atoms with Gasteiger partial charge < -0.3 is 0 Å². The Balaban J connectivity index is 2.71. The lowest BCUT2D eigenvalue weighted by Gasteiger charge is -2.11. The Morgan fingerprint density at radius 3 is 2.78 bits per heavy atom. The van der Waals surface area contributed by atoms with Gasteiger partial charge in [-0.25, -0.2) is 8.78 Å². The molecular formula is C14H10F2N2. The fourth-order valence-electron chi connectivity index (χ4n) is 1.92. The van der Waals surface area contributed by atoms with Crippen molar-refractivity contribution in [2.75, 3.05) is 0 Å². The van der Waals surface area contributed by atoms with E-state index in [0.29, 0.717) is 16.8 Å². The molecule has 0 spiro atoms. The molecule has 2 nitrogen and oxygen atoms in total. The standard InChI is InChI=1S/C14H10F2N2/c1-9-13(10(5-7-17)6-8-18-9)11-3-2-4-12(15)14(11)16/h2-4,6,8H,5H2,1H3. The molecule has 0 atom stereocenters. The normalized spacial score (nSPS) is 10.1. The first-order valence-electron chi connectivity index (χ1n) is 5.41. The molecule has 1 heterocycles. The Morgan fingerprint density at radius 2 is 2.06 bits per heavy atom. The van der Waals surface area contributed by atoms with Crippen LogP contribution in [-0.4, -0.2) is 4.98 Å². The average Bonchev–Trinajstić information content (AvgIpc) is 2.34. The highest BCUT2D eigenvalue weighted by molar-refractivity contribution is 5.70.